The summed E-state index contributed by atoms with van der Waals surface area (Å²) in [6, 6.07) is 7.66. The Balaban J connectivity index is 1.94. The number of anilines is 1. The lowest BCUT2D eigenvalue weighted by Crippen LogP contribution is -2.01. The quantitative estimate of drug-likeness (QED) is 0.852. The van der Waals surface area contributed by atoms with Gasteiger partial charge in [0, 0.05) is 12.6 Å². The van der Waals surface area contributed by atoms with Gasteiger partial charge in [0.1, 0.15) is 5.75 Å². The molecule has 0 bridgehead atoms. The van der Waals surface area contributed by atoms with E-state index in [4.69, 9.17) is 9.26 Å². The molecular formula is C11H13N3O2. The molecule has 0 amide bonds. The number of methoxy groups -OCH3 is 1. The maximum Gasteiger partial charge on any atom is 0.223 e. The van der Waals surface area contributed by atoms with E-state index in [2.05, 4.69) is 15.5 Å². The van der Waals surface area contributed by atoms with Crippen LogP contribution in [-0.4, -0.2) is 17.3 Å². The summed E-state index contributed by atoms with van der Waals surface area (Å²) in [5.41, 5.74) is 0.989. The Hall–Kier alpha value is -2.04. The topological polar surface area (TPSA) is 60.2 Å². The van der Waals surface area contributed by atoms with Gasteiger partial charge in [0.15, 0.2) is 5.82 Å². The van der Waals surface area contributed by atoms with Gasteiger partial charge in [0.05, 0.1) is 13.7 Å². The third-order valence-electron chi connectivity index (χ3n) is 2.11. The van der Waals surface area contributed by atoms with Crippen molar-refractivity contribution >= 4 is 5.69 Å². The van der Waals surface area contributed by atoms with Crippen LogP contribution in [0, 0.1) is 6.92 Å². The highest BCUT2D eigenvalue weighted by molar-refractivity contribution is 5.46. The van der Waals surface area contributed by atoms with Gasteiger partial charge in [-0.1, -0.05) is 5.16 Å². The molecule has 0 aliphatic carbocycles. The van der Waals surface area contributed by atoms with Gasteiger partial charge in [-0.2, -0.15) is 4.98 Å². The highest BCUT2D eigenvalue weighted by Crippen LogP contribution is 2.15. The molecule has 1 aromatic carbocycles. The number of aryl methyl sites for hydroxylation is 1. The molecule has 16 heavy (non-hydrogen) atoms. The van der Waals surface area contributed by atoms with E-state index in [9.17, 15) is 0 Å². The Labute approximate surface area is 93.4 Å². The highest BCUT2D eigenvalue weighted by Gasteiger charge is 2.01. The monoisotopic (exact) mass is 219 g/mol. The molecule has 0 saturated carbocycles. The number of aromatic nitrogens is 2. The number of hydrogen-bond donors (Lipinski definition) is 1. The summed E-state index contributed by atoms with van der Waals surface area (Å²) in [4.78, 5) is 4.09. The predicted molar refractivity (Wildman–Crippen MR) is 59.4 cm³/mol. The molecule has 5 heteroatoms. The molecule has 0 saturated heterocycles. The van der Waals surface area contributed by atoms with E-state index in [1.807, 2.05) is 24.3 Å². The molecule has 0 spiro atoms. The van der Waals surface area contributed by atoms with Crippen LogP contribution in [0.3, 0.4) is 0 Å². The van der Waals surface area contributed by atoms with E-state index in [1.54, 1.807) is 14.0 Å². The average Bonchev–Trinajstić information content (AvgIpc) is 2.73. The summed E-state index contributed by atoms with van der Waals surface area (Å²) in [7, 11) is 1.64. The first-order valence-corrected chi connectivity index (χ1v) is 4.95. The van der Waals surface area contributed by atoms with Crippen LogP contribution in [0.1, 0.15) is 11.7 Å². The fourth-order valence-corrected chi connectivity index (χ4v) is 1.30. The van der Waals surface area contributed by atoms with Crippen molar-refractivity contribution < 1.29 is 9.26 Å². The smallest absolute Gasteiger partial charge is 0.223 e. The van der Waals surface area contributed by atoms with Crippen molar-refractivity contribution in [3.63, 3.8) is 0 Å². The SMILES string of the molecule is COc1ccc(NCc2noc(C)n2)cc1. The molecule has 0 radical (unpaired) electrons. The molecular weight excluding hydrogens is 206 g/mol. The van der Waals surface area contributed by atoms with Crippen molar-refractivity contribution in [1.82, 2.24) is 10.1 Å². The summed E-state index contributed by atoms with van der Waals surface area (Å²) in [5, 5.41) is 6.98. The van der Waals surface area contributed by atoms with Crippen molar-refractivity contribution in [2.24, 2.45) is 0 Å². The minimum atomic E-state index is 0.545. The number of rotatable bonds is 4. The summed E-state index contributed by atoms with van der Waals surface area (Å²) in [6.45, 7) is 2.31. The summed E-state index contributed by atoms with van der Waals surface area (Å²) < 4.78 is 9.94. The summed E-state index contributed by atoms with van der Waals surface area (Å²) >= 11 is 0. The zero-order valence-electron chi connectivity index (χ0n) is 9.23. The Bertz CT molecular complexity index is 451. The van der Waals surface area contributed by atoms with Gasteiger partial charge >= 0.3 is 0 Å². The van der Waals surface area contributed by atoms with E-state index in [1.165, 1.54) is 0 Å². The molecule has 1 heterocycles. The molecule has 0 atom stereocenters. The van der Waals surface area contributed by atoms with Gasteiger partial charge in [-0.15, -0.1) is 0 Å². The summed E-state index contributed by atoms with van der Waals surface area (Å²) in [6.07, 6.45) is 0. The zero-order valence-corrected chi connectivity index (χ0v) is 9.23. The van der Waals surface area contributed by atoms with Gasteiger partial charge < -0.3 is 14.6 Å². The van der Waals surface area contributed by atoms with Crippen LogP contribution in [0.2, 0.25) is 0 Å². The number of benzene rings is 1. The molecule has 0 fully saturated rings. The van der Waals surface area contributed by atoms with Gasteiger partial charge in [0.2, 0.25) is 5.89 Å². The lowest BCUT2D eigenvalue weighted by atomic mass is 10.3. The van der Waals surface area contributed by atoms with Gasteiger partial charge in [0.25, 0.3) is 0 Å². The Morgan fingerprint density at radius 3 is 2.62 bits per heavy atom. The van der Waals surface area contributed by atoms with Crippen molar-refractivity contribution in [3.8, 4) is 5.75 Å². The lowest BCUT2D eigenvalue weighted by molar-refractivity contribution is 0.388. The van der Waals surface area contributed by atoms with Crippen LogP contribution in [0.5, 0.6) is 5.75 Å². The maximum atomic E-state index is 5.07. The highest BCUT2D eigenvalue weighted by atomic mass is 16.5. The largest absolute Gasteiger partial charge is 0.497 e. The van der Waals surface area contributed by atoms with E-state index >= 15 is 0 Å². The molecule has 2 aromatic rings. The van der Waals surface area contributed by atoms with E-state index in [-0.39, 0.29) is 0 Å². The van der Waals surface area contributed by atoms with Gasteiger partial charge in [-0.05, 0) is 24.3 Å². The summed E-state index contributed by atoms with van der Waals surface area (Å²) in [5.74, 6) is 2.06. The maximum absolute atomic E-state index is 5.07. The predicted octanol–water partition coefficient (Wildman–Crippen LogP) is 2.00. The van der Waals surface area contributed by atoms with Crippen molar-refractivity contribution in [2.45, 2.75) is 13.5 Å². The number of hydrogen-bond acceptors (Lipinski definition) is 5. The Morgan fingerprint density at radius 1 is 1.31 bits per heavy atom. The minimum absolute atomic E-state index is 0.545. The van der Waals surface area contributed by atoms with Crippen LogP contribution >= 0.6 is 0 Å². The molecule has 1 aromatic heterocycles. The first kappa shape index (κ1) is 10.5. The Morgan fingerprint density at radius 2 is 2.06 bits per heavy atom. The molecule has 0 unspecified atom stereocenters. The lowest BCUT2D eigenvalue weighted by Gasteiger charge is -2.04. The molecule has 0 aliphatic rings. The molecule has 84 valence electrons. The van der Waals surface area contributed by atoms with Crippen molar-refractivity contribution in [2.75, 3.05) is 12.4 Å². The van der Waals surface area contributed by atoms with E-state index in [0.29, 0.717) is 18.3 Å². The fourth-order valence-electron chi connectivity index (χ4n) is 1.30. The number of nitrogens with zero attached hydrogens (tertiary/aromatic N) is 2. The van der Waals surface area contributed by atoms with E-state index in [0.717, 1.165) is 11.4 Å². The minimum Gasteiger partial charge on any atom is -0.497 e. The molecule has 5 nitrogen and oxygen atoms in total. The third-order valence-corrected chi connectivity index (χ3v) is 2.11. The zero-order chi connectivity index (χ0) is 11.4. The molecule has 1 N–H and O–H groups in total. The van der Waals surface area contributed by atoms with E-state index < -0.39 is 0 Å². The first-order chi connectivity index (χ1) is 7.78. The second-order valence-corrected chi connectivity index (χ2v) is 3.31. The first-order valence-electron chi connectivity index (χ1n) is 4.95. The number of nitrogens with one attached hydrogen (secondary N) is 1. The second-order valence-electron chi connectivity index (χ2n) is 3.31. The normalized spacial score (nSPS) is 10.1. The number of ether oxygens (including phenoxy) is 1. The molecule has 2 rings (SSSR count). The fraction of sp³-hybridized carbons (Fsp3) is 0.273. The van der Waals surface area contributed by atoms with Gasteiger partial charge in [-0.3, -0.25) is 0 Å². The van der Waals surface area contributed by atoms with Crippen LogP contribution < -0.4 is 10.1 Å². The van der Waals surface area contributed by atoms with Crippen molar-refractivity contribution in [3.05, 3.63) is 36.0 Å². The Kier molecular flexibility index (Phi) is 3.05. The van der Waals surface area contributed by atoms with Crippen LogP contribution in [0.25, 0.3) is 0 Å². The van der Waals surface area contributed by atoms with Crippen molar-refractivity contribution in [1.29, 1.82) is 0 Å². The molecule has 0 aliphatic heterocycles. The van der Waals surface area contributed by atoms with Crippen LogP contribution in [0.4, 0.5) is 5.69 Å². The van der Waals surface area contributed by atoms with Gasteiger partial charge in [-0.25, -0.2) is 0 Å². The van der Waals surface area contributed by atoms with Crippen LogP contribution in [0.15, 0.2) is 28.8 Å². The average molecular weight is 219 g/mol. The standard InChI is InChI=1S/C11H13N3O2/c1-8-13-11(14-16-8)7-12-9-3-5-10(15-2)6-4-9/h3-6,12H,7H2,1-2H3. The van der Waals surface area contributed by atoms with Crippen LogP contribution in [-0.2, 0) is 6.54 Å². The third kappa shape index (κ3) is 2.50. The second kappa shape index (κ2) is 4.65.